The van der Waals surface area contributed by atoms with Crippen molar-refractivity contribution >= 4 is 34.8 Å². The highest BCUT2D eigenvalue weighted by Gasteiger charge is 2.12. The minimum atomic E-state index is 0.582. The van der Waals surface area contributed by atoms with Gasteiger partial charge in [-0.15, -0.1) is 0 Å². The summed E-state index contributed by atoms with van der Waals surface area (Å²) in [4.78, 5) is 2.46. The van der Waals surface area contributed by atoms with Crippen LogP contribution in [0, 0.1) is 0 Å². The van der Waals surface area contributed by atoms with E-state index in [1.54, 1.807) is 6.07 Å². The van der Waals surface area contributed by atoms with E-state index in [2.05, 4.69) is 10.2 Å². The lowest BCUT2D eigenvalue weighted by atomic mass is 10.1. The molecule has 2 nitrogen and oxygen atoms in total. The minimum Gasteiger partial charge on any atom is -0.314 e. The lowest BCUT2D eigenvalue weighted by Crippen LogP contribution is -2.43. The van der Waals surface area contributed by atoms with E-state index >= 15 is 0 Å². The van der Waals surface area contributed by atoms with Crippen molar-refractivity contribution in [3.05, 3.63) is 32.8 Å². The predicted octanol–water partition coefficient (Wildman–Crippen LogP) is 3.48. The maximum Gasteiger partial charge on any atom is 0.0639 e. The van der Waals surface area contributed by atoms with Crippen molar-refractivity contribution in [3.8, 4) is 0 Å². The fourth-order valence-electron chi connectivity index (χ4n) is 2.21. The average molecular weight is 308 g/mol. The summed E-state index contributed by atoms with van der Waals surface area (Å²) in [5, 5.41) is 5.24. The molecule has 0 bridgehead atoms. The highest BCUT2D eigenvalue weighted by molar-refractivity contribution is 6.44. The van der Waals surface area contributed by atoms with Crippen molar-refractivity contribution in [2.75, 3.05) is 32.7 Å². The molecule has 0 amide bonds. The second-order valence-electron chi connectivity index (χ2n) is 4.52. The minimum absolute atomic E-state index is 0.582. The van der Waals surface area contributed by atoms with E-state index in [0.29, 0.717) is 15.1 Å². The van der Waals surface area contributed by atoms with Gasteiger partial charge in [-0.2, -0.15) is 0 Å². The van der Waals surface area contributed by atoms with Gasteiger partial charge in [-0.3, -0.25) is 0 Å². The Labute approximate surface area is 123 Å². The van der Waals surface area contributed by atoms with Gasteiger partial charge in [-0.25, -0.2) is 0 Å². The number of rotatable bonds is 4. The van der Waals surface area contributed by atoms with Gasteiger partial charge in [-0.1, -0.05) is 34.8 Å². The number of hydrogen-bond donors (Lipinski definition) is 1. The molecule has 100 valence electrons. The molecule has 1 aliphatic rings. The first kappa shape index (κ1) is 14.4. The Morgan fingerprint density at radius 3 is 2.44 bits per heavy atom. The van der Waals surface area contributed by atoms with E-state index < -0.39 is 0 Å². The highest BCUT2D eigenvalue weighted by Crippen LogP contribution is 2.32. The molecule has 1 saturated heterocycles. The zero-order chi connectivity index (χ0) is 13.0. The number of benzene rings is 1. The van der Waals surface area contributed by atoms with Gasteiger partial charge in [0.1, 0.15) is 0 Å². The van der Waals surface area contributed by atoms with Crippen molar-refractivity contribution in [2.45, 2.75) is 12.8 Å². The summed E-state index contributed by atoms with van der Waals surface area (Å²) in [6, 6.07) is 3.56. The standard InChI is InChI=1S/C13H17Cl3N2/c14-11-3-4-12(15)13(16)10(11)2-1-7-18-8-5-17-6-9-18/h3-4,17H,1-2,5-9H2. The summed E-state index contributed by atoms with van der Waals surface area (Å²) in [5.41, 5.74) is 0.973. The molecule has 1 N–H and O–H groups in total. The highest BCUT2D eigenvalue weighted by atomic mass is 35.5. The molecule has 1 aliphatic heterocycles. The molecule has 0 unspecified atom stereocenters. The molecule has 1 aromatic rings. The quantitative estimate of drug-likeness (QED) is 0.857. The van der Waals surface area contributed by atoms with Crippen molar-refractivity contribution in [2.24, 2.45) is 0 Å². The van der Waals surface area contributed by atoms with Gasteiger partial charge in [0.25, 0.3) is 0 Å². The van der Waals surface area contributed by atoms with Gasteiger partial charge in [0.05, 0.1) is 10.0 Å². The zero-order valence-corrected chi connectivity index (χ0v) is 12.5. The van der Waals surface area contributed by atoms with Crippen LogP contribution in [0.15, 0.2) is 12.1 Å². The molecule has 1 heterocycles. The Bertz CT molecular complexity index is 403. The van der Waals surface area contributed by atoms with Gasteiger partial charge >= 0.3 is 0 Å². The van der Waals surface area contributed by atoms with E-state index in [0.717, 1.165) is 51.1 Å². The number of halogens is 3. The van der Waals surface area contributed by atoms with Crippen molar-refractivity contribution < 1.29 is 0 Å². The van der Waals surface area contributed by atoms with Crippen LogP contribution in [0.3, 0.4) is 0 Å². The van der Waals surface area contributed by atoms with Crippen LogP contribution in [-0.2, 0) is 6.42 Å². The molecule has 1 aromatic carbocycles. The SMILES string of the molecule is Clc1ccc(Cl)c(CCCN2CCNCC2)c1Cl. The molecule has 2 rings (SSSR count). The van der Waals surface area contributed by atoms with Crippen molar-refractivity contribution in [1.82, 2.24) is 10.2 Å². The van der Waals surface area contributed by atoms with Crippen LogP contribution in [0.5, 0.6) is 0 Å². The smallest absolute Gasteiger partial charge is 0.0639 e. The lowest BCUT2D eigenvalue weighted by Gasteiger charge is -2.27. The topological polar surface area (TPSA) is 15.3 Å². The average Bonchev–Trinajstić information content (AvgIpc) is 2.39. The number of nitrogens with zero attached hydrogens (tertiary/aromatic N) is 1. The summed E-state index contributed by atoms with van der Waals surface area (Å²) < 4.78 is 0. The molecule has 0 radical (unpaired) electrons. The molecule has 0 atom stereocenters. The first-order valence-electron chi connectivity index (χ1n) is 6.24. The Hall–Kier alpha value is 0.01000. The molecular formula is C13H17Cl3N2. The number of nitrogens with one attached hydrogen (secondary N) is 1. The molecule has 0 spiro atoms. The van der Waals surface area contributed by atoms with E-state index in [1.165, 1.54) is 0 Å². The maximum absolute atomic E-state index is 6.18. The first-order chi connectivity index (χ1) is 8.68. The fourth-order valence-corrected chi connectivity index (χ4v) is 2.95. The van der Waals surface area contributed by atoms with Crippen molar-refractivity contribution in [3.63, 3.8) is 0 Å². The second-order valence-corrected chi connectivity index (χ2v) is 5.71. The van der Waals surface area contributed by atoms with Crippen LogP contribution in [0.1, 0.15) is 12.0 Å². The fraction of sp³-hybridized carbons (Fsp3) is 0.538. The van der Waals surface area contributed by atoms with Crippen LogP contribution in [0.2, 0.25) is 15.1 Å². The normalized spacial score (nSPS) is 17.1. The molecule has 0 saturated carbocycles. The summed E-state index contributed by atoms with van der Waals surface area (Å²) in [5.74, 6) is 0. The van der Waals surface area contributed by atoms with Crippen molar-refractivity contribution in [1.29, 1.82) is 0 Å². The second kappa shape index (κ2) is 6.97. The van der Waals surface area contributed by atoms with Crippen LogP contribution in [-0.4, -0.2) is 37.6 Å². The van der Waals surface area contributed by atoms with Crippen LogP contribution in [0.25, 0.3) is 0 Å². The maximum atomic E-state index is 6.18. The van der Waals surface area contributed by atoms with E-state index in [1.807, 2.05) is 6.07 Å². The van der Waals surface area contributed by atoms with E-state index in [4.69, 9.17) is 34.8 Å². The summed E-state index contributed by atoms with van der Waals surface area (Å²) in [6.45, 7) is 5.49. The molecule has 0 aromatic heterocycles. The molecular weight excluding hydrogens is 291 g/mol. The molecule has 18 heavy (non-hydrogen) atoms. The summed E-state index contributed by atoms with van der Waals surface area (Å²) in [7, 11) is 0. The first-order valence-corrected chi connectivity index (χ1v) is 7.37. The Morgan fingerprint density at radius 2 is 1.72 bits per heavy atom. The monoisotopic (exact) mass is 306 g/mol. The third-order valence-corrected chi connectivity index (χ3v) is 4.45. The Balaban J connectivity index is 1.88. The molecule has 0 aliphatic carbocycles. The van der Waals surface area contributed by atoms with Crippen LogP contribution in [0.4, 0.5) is 0 Å². The van der Waals surface area contributed by atoms with Gasteiger partial charge < -0.3 is 10.2 Å². The van der Waals surface area contributed by atoms with Gasteiger partial charge in [0.2, 0.25) is 0 Å². The Kier molecular flexibility index (Phi) is 5.58. The predicted molar refractivity (Wildman–Crippen MR) is 79.1 cm³/mol. The number of hydrogen-bond acceptors (Lipinski definition) is 2. The lowest BCUT2D eigenvalue weighted by molar-refractivity contribution is 0.238. The van der Waals surface area contributed by atoms with Crippen LogP contribution >= 0.6 is 34.8 Å². The summed E-state index contributed by atoms with van der Waals surface area (Å²) >= 11 is 18.3. The van der Waals surface area contributed by atoms with Gasteiger partial charge in [0.15, 0.2) is 0 Å². The zero-order valence-electron chi connectivity index (χ0n) is 10.2. The third-order valence-electron chi connectivity index (χ3n) is 3.25. The molecule has 5 heteroatoms. The number of piperazine rings is 1. The van der Waals surface area contributed by atoms with Gasteiger partial charge in [-0.05, 0) is 37.1 Å². The van der Waals surface area contributed by atoms with Crippen LogP contribution < -0.4 is 5.32 Å². The van der Waals surface area contributed by atoms with Gasteiger partial charge in [0, 0.05) is 31.2 Å². The summed E-state index contributed by atoms with van der Waals surface area (Å²) in [6.07, 6.45) is 1.93. The third kappa shape index (κ3) is 3.75. The van der Waals surface area contributed by atoms with E-state index in [9.17, 15) is 0 Å². The largest absolute Gasteiger partial charge is 0.314 e. The van der Waals surface area contributed by atoms with E-state index in [-0.39, 0.29) is 0 Å². The molecule has 1 fully saturated rings. The Morgan fingerprint density at radius 1 is 1.06 bits per heavy atom.